The van der Waals surface area contributed by atoms with Gasteiger partial charge >= 0.3 is 0 Å². The fraction of sp³-hybridized carbons (Fsp3) is 0.278. The minimum absolute atomic E-state index is 0.200. The molecule has 5 heteroatoms. The number of hydrogen-bond acceptors (Lipinski definition) is 2. The van der Waals surface area contributed by atoms with E-state index in [0.29, 0.717) is 11.9 Å². The van der Waals surface area contributed by atoms with Gasteiger partial charge in [0.1, 0.15) is 11.6 Å². The number of guanidine groups is 1. The Bertz CT molecular complexity index is 694. The second-order valence-electron chi connectivity index (χ2n) is 5.74. The molecular weight excluding hydrogens is 293 g/mol. The van der Waals surface area contributed by atoms with Crippen LogP contribution in [0.3, 0.4) is 0 Å². The van der Waals surface area contributed by atoms with Crippen LogP contribution in [0.2, 0.25) is 0 Å². The Morgan fingerprint density at radius 2 is 1.96 bits per heavy atom. The molecule has 3 rings (SSSR count). The van der Waals surface area contributed by atoms with Gasteiger partial charge < -0.3 is 15.8 Å². The zero-order valence-electron chi connectivity index (χ0n) is 13.0. The molecule has 0 aliphatic heterocycles. The van der Waals surface area contributed by atoms with Gasteiger partial charge in [0.2, 0.25) is 0 Å². The van der Waals surface area contributed by atoms with Gasteiger partial charge in [0.05, 0.1) is 13.2 Å². The molecule has 0 saturated heterocycles. The maximum Gasteiger partial charge on any atom is 0.193 e. The van der Waals surface area contributed by atoms with E-state index in [4.69, 9.17) is 10.5 Å². The number of hydrogen-bond donors (Lipinski definition) is 2. The lowest BCUT2D eigenvalue weighted by Gasteiger charge is -2.33. The first kappa shape index (κ1) is 15.3. The summed E-state index contributed by atoms with van der Waals surface area (Å²) < 4.78 is 18.1. The zero-order chi connectivity index (χ0) is 16.2. The van der Waals surface area contributed by atoms with Gasteiger partial charge in [-0.15, -0.1) is 0 Å². The van der Waals surface area contributed by atoms with Crippen LogP contribution in [0.4, 0.5) is 10.1 Å². The van der Waals surface area contributed by atoms with Crippen molar-refractivity contribution < 1.29 is 9.13 Å². The SMILES string of the molecule is COc1cccc(NC(N)=NC2CC(c3ccc(F)cc3)C2)c1. The van der Waals surface area contributed by atoms with Crippen LogP contribution in [0.1, 0.15) is 24.3 Å². The molecule has 120 valence electrons. The van der Waals surface area contributed by atoms with Crippen molar-refractivity contribution >= 4 is 11.6 Å². The van der Waals surface area contributed by atoms with Crippen molar-refractivity contribution in [3.8, 4) is 5.75 Å². The van der Waals surface area contributed by atoms with Crippen molar-refractivity contribution in [2.75, 3.05) is 12.4 Å². The fourth-order valence-corrected chi connectivity index (χ4v) is 2.78. The first-order chi connectivity index (χ1) is 11.1. The summed E-state index contributed by atoms with van der Waals surface area (Å²) in [5.41, 5.74) is 7.97. The first-order valence-corrected chi connectivity index (χ1v) is 7.64. The maximum atomic E-state index is 12.9. The number of rotatable bonds is 4. The van der Waals surface area contributed by atoms with Crippen molar-refractivity contribution in [3.05, 3.63) is 59.9 Å². The van der Waals surface area contributed by atoms with Gasteiger partial charge in [-0.25, -0.2) is 9.38 Å². The molecule has 0 amide bonds. The largest absolute Gasteiger partial charge is 0.497 e. The van der Waals surface area contributed by atoms with Crippen LogP contribution >= 0.6 is 0 Å². The van der Waals surface area contributed by atoms with Crippen LogP contribution < -0.4 is 15.8 Å². The molecule has 0 aromatic heterocycles. The fourth-order valence-electron chi connectivity index (χ4n) is 2.78. The van der Waals surface area contributed by atoms with Crippen LogP contribution in [-0.2, 0) is 0 Å². The first-order valence-electron chi connectivity index (χ1n) is 7.64. The van der Waals surface area contributed by atoms with Crippen LogP contribution in [0.5, 0.6) is 5.75 Å². The molecule has 2 aromatic carbocycles. The van der Waals surface area contributed by atoms with E-state index in [-0.39, 0.29) is 11.9 Å². The van der Waals surface area contributed by atoms with Gasteiger partial charge in [-0.3, -0.25) is 0 Å². The van der Waals surface area contributed by atoms with Gasteiger partial charge in [0.15, 0.2) is 5.96 Å². The number of nitrogens with two attached hydrogens (primary N) is 1. The summed E-state index contributed by atoms with van der Waals surface area (Å²) in [6, 6.07) is 14.4. The molecule has 1 fully saturated rings. The van der Waals surface area contributed by atoms with Crippen LogP contribution in [0, 0.1) is 5.82 Å². The monoisotopic (exact) mass is 313 g/mol. The Morgan fingerprint density at radius 1 is 1.22 bits per heavy atom. The molecule has 3 N–H and O–H groups in total. The summed E-state index contributed by atoms with van der Waals surface area (Å²) in [6.07, 6.45) is 1.87. The van der Waals surface area contributed by atoms with Gasteiger partial charge in [0.25, 0.3) is 0 Å². The van der Waals surface area contributed by atoms with Crippen molar-refractivity contribution in [2.24, 2.45) is 10.7 Å². The predicted octanol–water partition coefficient (Wildman–Crippen LogP) is 3.51. The average molecular weight is 313 g/mol. The van der Waals surface area contributed by atoms with E-state index in [1.54, 1.807) is 7.11 Å². The minimum Gasteiger partial charge on any atom is -0.497 e. The van der Waals surface area contributed by atoms with E-state index in [2.05, 4.69) is 10.3 Å². The van der Waals surface area contributed by atoms with Crippen LogP contribution in [0.15, 0.2) is 53.5 Å². The molecule has 0 heterocycles. The summed E-state index contributed by atoms with van der Waals surface area (Å²) in [6.45, 7) is 0. The number of nitrogens with zero attached hydrogens (tertiary/aromatic N) is 1. The highest BCUT2D eigenvalue weighted by atomic mass is 19.1. The predicted molar refractivity (Wildman–Crippen MR) is 90.4 cm³/mol. The van der Waals surface area contributed by atoms with Gasteiger partial charge in [-0.05, 0) is 48.6 Å². The molecule has 1 saturated carbocycles. The average Bonchev–Trinajstić information content (AvgIpc) is 2.52. The maximum absolute atomic E-state index is 12.9. The second-order valence-corrected chi connectivity index (χ2v) is 5.74. The lowest BCUT2D eigenvalue weighted by atomic mass is 9.76. The van der Waals surface area contributed by atoms with Crippen molar-refractivity contribution in [3.63, 3.8) is 0 Å². The van der Waals surface area contributed by atoms with Crippen molar-refractivity contribution in [2.45, 2.75) is 24.8 Å². The summed E-state index contributed by atoms with van der Waals surface area (Å²) >= 11 is 0. The lowest BCUT2D eigenvalue weighted by molar-refractivity contribution is 0.353. The molecule has 0 spiro atoms. The van der Waals surface area contributed by atoms with Gasteiger partial charge in [-0.1, -0.05) is 18.2 Å². The third-order valence-corrected chi connectivity index (χ3v) is 4.12. The quantitative estimate of drug-likeness (QED) is 0.671. The molecule has 2 aromatic rings. The molecule has 1 aliphatic carbocycles. The molecule has 0 atom stereocenters. The number of ether oxygens (including phenoxy) is 1. The Hall–Kier alpha value is -2.56. The number of aliphatic imine (C=N–C) groups is 1. The van der Waals surface area contributed by atoms with E-state index < -0.39 is 0 Å². The summed E-state index contributed by atoms with van der Waals surface area (Å²) in [5, 5.41) is 3.08. The van der Waals surface area contributed by atoms with Gasteiger partial charge in [-0.2, -0.15) is 0 Å². The van der Waals surface area contributed by atoms with Crippen LogP contribution in [0.25, 0.3) is 0 Å². The molecule has 1 aliphatic rings. The summed E-state index contributed by atoms with van der Waals surface area (Å²) in [4.78, 5) is 4.49. The van der Waals surface area contributed by atoms with Crippen molar-refractivity contribution in [1.29, 1.82) is 0 Å². The highest BCUT2D eigenvalue weighted by Crippen LogP contribution is 2.38. The normalized spacial score (nSPS) is 20.7. The van der Waals surface area contributed by atoms with E-state index in [1.807, 2.05) is 36.4 Å². The third kappa shape index (κ3) is 3.80. The topological polar surface area (TPSA) is 59.6 Å². The summed E-state index contributed by atoms with van der Waals surface area (Å²) in [5.74, 6) is 1.41. The Balaban J connectivity index is 1.55. The van der Waals surface area contributed by atoms with Crippen molar-refractivity contribution in [1.82, 2.24) is 0 Å². The second kappa shape index (κ2) is 6.69. The number of nitrogens with one attached hydrogen (secondary N) is 1. The number of halogens is 1. The zero-order valence-corrected chi connectivity index (χ0v) is 13.0. The Kier molecular flexibility index (Phi) is 4.46. The van der Waals surface area contributed by atoms with E-state index >= 15 is 0 Å². The molecule has 23 heavy (non-hydrogen) atoms. The number of anilines is 1. The molecule has 4 nitrogen and oxygen atoms in total. The van der Waals surface area contributed by atoms with E-state index in [0.717, 1.165) is 29.8 Å². The third-order valence-electron chi connectivity index (χ3n) is 4.12. The standard InChI is InChI=1S/C18H20FN3O/c1-23-17-4-2-3-15(11-17)21-18(20)22-16-9-13(10-16)12-5-7-14(19)8-6-12/h2-8,11,13,16H,9-10H2,1H3,(H3,20,21,22). The Morgan fingerprint density at radius 3 is 2.65 bits per heavy atom. The highest BCUT2D eigenvalue weighted by Gasteiger charge is 2.30. The van der Waals surface area contributed by atoms with Gasteiger partial charge in [0, 0.05) is 11.8 Å². The molecule has 0 unspecified atom stereocenters. The Labute approximate surface area is 135 Å². The van der Waals surface area contributed by atoms with E-state index in [1.165, 1.54) is 12.1 Å². The lowest BCUT2D eigenvalue weighted by Crippen LogP contribution is -2.31. The highest BCUT2D eigenvalue weighted by molar-refractivity contribution is 5.92. The number of methoxy groups -OCH3 is 1. The minimum atomic E-state index is -0.200. The summed E-state index contributed by atoms with van der Waals surface area (Å²) in [7, 11) is 1.63. The molecular formula is C18H20FN3O. The molecule has 0 bridgehead atoms. The smallest absolute Gasteiger partial charge is 0.193 e. The van der Waals surface area contributed by atoms with Crippen LogP contribution in [-0.4, -0.2) is 19.1 Å². The number of benzene rings is 2. The molecule has 0 radical (unpaired) electrons. The van der Waals surface area contributed by atoms with E-state index in [9.17, 15) is 4.39 Å².